The summed E-state index contributed by atoms with van der Waals surface area (Å²) in [5.74, 6) is 0.463. The highest BCUT2D eigenvalue weighted by Gasteiger charge is 2.24. The number of nitrogens with one attached hydrogen (secondary N) is 1. The Kier molecular flexibility index (Phi) is 3.37. The quantitative estimate of drug-likeness (QED) is 0.800. The first kappa shape index (κ1) is 14.0. The molecule has 1 aliphatic rings. The highest BCUT2D eigenvalue weighted by molar-refractivity contribution is 6.02. The number of benzene rings is 1. The molecule has 1 amide bonds. The number of carbonyl (C=O) groups excluding carboxylic acids is 1. The minimum absolute atomic E-state index is 0.201. The molecule has 0 spiro atoms. The Labute approximate surface area is 133 Å². The molecule has 4 rings (SSSR count). The topological polar surface area (TPSA) is 73.0 Å². The maximum Gasteiger partial charge on any atom is 0.296 e. The van der Waals surface area contributed by atoms with E-state index in [9.17, 15) is 4.79 Å². The van der Waals surface area contributed by atoms with Crippen molar-refractivity contribution < 1.29 is 9.32 Å². The highest BCUT2D eigenvalue weighted by atomic mass is 16.5. The van der Waals surface area contributed by atoms with E-state index in [0.717, 1.165) is 23.9 Å². The summed E-state index contributed by atoms with van der Waals surface area (Å²) in [6, 6.07) is 9.98. The Balaban J connectivity index is 1.73. The van der Waals surface area contributed by atoms with E-state index < -0.39 is 0 Å². The van der Waals surface area contributed by atoms with Crippen molar-refractivity contribution >= 4 is 22.9 Å². The molecule has 1 N–H and O–H groups in total. The van der Waals surface area contributed by atoms with E-state index >= 15 is 0 Å². The van der Waals surface area contributed by atoms with Crippen molar-refractivity contribution in [1.82, 2.24) is 14.7 Å². The number of hydrogen-bond donors (Lipinski definition) is 1. The lowest BCUT2D eigenvalue weighted by Gasteiger charge is -2.16. The summed E-state index contributed by atoms with van der Waals surface area (Å²) in [5.41, 5.74) is 2.63. The number of carbonyl (C=O) groups is 1. The van der Waals surface area contributed by atoms with Crippen LogP contribution in [-0.2, 0) is 0 Å². The molecule has 2 aromatic heterocycles. The lowest BCUT2D eigenvalue weighted by atomic mass is 10.2. The van der Waals surface area contributed by atoms with Gasteiger partial charge in [0, 0.05) is 12.1 Å². The van der Waals surface area contributed by atoms with Gasteiger partial charge in [-0.15, -0.1) is 0 Å². The smallest absolute Gasteiger partial charge is 0.296 e. The number of nitrogens with zero attached hydrogens (tertiary/aromatic N) is 3. The molecule has 6 heteroatoms. The number of para-hydroxylation sites is 2. The van der Waals surface area contributed by atoms with Crippen LogP contribution in [0.25, 0.3) is 11.0 Å². The number of rotatable bonds is 3. The van der Waals surface area contributed by atoms with Gasteiger partial charge in [0.2, 0.25) is 11.7 Å². The van der Waals surface area contributed by atoms with Gasteiger partial charge in [0.15, 0.2) is 0 Å². The van der Waals surface area contributed by atoms with Crippen molar-refractivity contribution in [2.75, 3.05) is 5.32 Å². The lowest BCUT2D eigenvalue weighted by molar-refractivity contribution is 0.0986. The largest absolute Gasteiger partial charge is 0.351 e. The summed E-state index contributed by atoms with van der Waals surface area (Å²) in [7, 11) is 0. The van der Waals surface area contributed by atoms with E-state index in [-0.39, 0.29) is 11.7 Å². The number of amides is 1. The summed E-state index contributed by atoms with van der Waals surface area (Å²) in [6.45, 7) is 1.79. The fourth-order valence-corrected chi connectivity index (χ4v) is 3.30. The van der Waals surface area contributed by atoms with Gasteiger partial charge in [0.1, 0.15) is 0 Å². The van der Waals surface area contributed by atoms with Crippen LogP contribution in [0.5, 0.6) is 0 Å². The second-order valence-corrected chi connectivity index (χ2v) is 6.02. The van der Waals surface area contributed by atoms with Crippen molar-refractivity contribution in [2.24, 2.45) is 0 Å². The third-order valence-electron chi connectivity index (χ3n) is 4.36. The van der Waals surface area contributed by atoms with Gasteiger partial charge in [0.25, 0.3) is 5.91 Å². The van der Waals surface area contributed by atoms with Crippen molar-refractivity contribution in [1.29, 1.82) is 0 Å². The molecule has 6 nitrogen and oxygen atoms in total. The number of aromatic nitrogens is 3. The summed E-state index contributed by atoms with van der Waals surface area (Å²) >= 11 is 0. The Morgan fingerprint density at radius 3 is 2.83 bits per heavy atom. The van der Waals surface area contributed by atoms with Gasteiger partial charge in [-0.2, -0.15) is 0 Å². The van der Waals surface area contributed by atoms with Crippen molar-refractivity contribution in [2.45, 2.75) is 38.6 Å². The van der Waals surface area contributed by atoms with Crippen LogP contribution in [0, 0.1) is 6.92 Å². The van der Waals surface area contributed by atoms with Crippen LogP contribution in [-0.4, -0.2) is 20.6 Å². The van der Waals surface area contributed by atoms with Crippen molar-refractivity contribution in [3.63, 3.8) is 0 Å². The van der Waals surface area contributed by atoms with Gasteiger partial charge < -0.3 is 9.09 Å². The van der Waals surface area contributed by atoms with Gasteiger partial charge in [0.05, 0.1) is 16.7 Å². The zero-order valence-electron chi connectivity index (χ0n) is 13.0. The molecular formula is C17H18N4O2. The lowest BCUT2D eigenvalue weighted by Crippen LogP contribution is -2.17. The van der Waals surface area contributed by atoms with Gasteiger partial charge in [-0.05, 0) is 31.9 Å². The maximum atomic E-state index is 12.4. The minimum atomic E-state index is -0.319. The van der Waals surface area contributed by atoms with Crippen molar-refractivity contribution in [3.05, 3.63) is 41.8 Å². The summed E-state index contributed by atoms with van der Waals surface area (Å²) in [5, 5.41) is 6.64. The molecule has 1 saturated carbocycles. The molecule has 1 aliphatic carbocycles. The second-order valence-electron chi connectivity index (χ2n) is 6.02. The number of imidazole rings is 1. The summed E-state index contributed by atoms with van der Waals surface area (Å²) in [4.78, 5) is 17.0. The fourth-order valence-electron chi connectivity index (χ4n) is 3.30. The molecule has 0 unspecified atom stereocenters. The van der Waals surface area contributed by atoms with E-state index in [1.165, 1.54) is 12.8 Å². The van der Waals surface area contributed by atoms with Crippen LogP contribution >= 0.6 is 0 Å². The molecule has 118 valence electrons. The molecule has 23 heavy (non-hydrogen) atoms. The van der Waals surface area contributed by atoms with E-state index in [0.29, 0.717) is 17.7 Å². The molecule has 1 fully saturated rings. The SMILES string of the molecule is Cc1cc(C(=O)Nc2nc3ccccc3n2C2CCCC2)on1. The Hall–Kier alpha value is -2.63. The normalized spacial score (nSPS) is 15.3. The van der Waals surface area contributed by atoms with Gasteiger partial charge in [-0.1, -0.05) is 30.1 Å². The molecule has 2 heterocycles. The van der Waals surface area contributed by atoms with Crippen LogP contribution in [0.2, 0.25) is 0 Å². The Morgan fingerprint density at radius 1 is 1.30 bits per heavy atom. The molecule has 0 bridgehead atoms. The second kappa shape index (κ2) is 5.53. The molecule has 1 aromatic carbocycles. The number of hydrogen-bond acceptors (Lipinski definition) is 4. The van der Waals surface area contributed by atoms with Gasteiger partial charge in [-0.3, -0.25) is 10.1 Å². The van der Waals surface area contributed by atoms with E-state index in [2.05, 4.69) is 26.1 Å². The summed E-state index contributed by atoms with van der Waals surface area (Å²) in [6.07, 6.45) is 4.66. The maximum absolute atomic E-state index is 12.4. The molecule has 0 saturated heterocycles. The van der Waals surface area contributed by atoms with Gasteiger partial charge >= 0.3 is 0 Å². The van der Waals surface area contributed by atoms with Crippen LogP contribution in [0.4, 0.5) is 5.95 Å². The monoisotopic (exact) mass is 310 g/mol. The molecule has 0 radical (unpaired) electrons. The Morgan fingerprint density at radius 2 is 2.09 bits per heavy atom. The first-order valence-corrected chi connectivity index (χ1v) is 7.94. The molecule has 3 aromatic rings. The van der Waals surface area contributed by atoms with Crippen LogP contribution in [0.3, 0.4) is 0 Å². The highest BCUT2D eigenvalue weighted by Crippen LogP contribution is 2.35. The number of aryl methyl sites for hydroxylation is 1. The first-order valence-electron chi connectivity index (χ1n) is 7.94. The van der Waals surface area contributed by atoms with E-state index in [4.69, 9.17) is 4.52 Å². The molecule has 0 atom stereocenters. The van der Waals surface area contributed by atoms with Crippen LogP contribution in [0.1, 0.15) is 48.0 Å². The van der Waals surface area contributed by atoms with E-state index in [1.807, 2.05) is 18.2 Å². The first-order chi connectivity index (χ1) is 11.2. The van der Waals surface area contributed by atoms with Crippen molar-refractivity contribution in [3.8, 4) is 0 Å². The van der Waals surface area contributed by atoms with Gasteiger partial charge in [-0.25, -0.2) is 4.98 Å². The summed E-state index contributed by atoms with van der Waals surface area (Å²) < 4.78 is 7.19. The van der Waals surface area contributed by atoms with Crippen LogP contribution in [0.15, 0.2) is 34.9 Å². The van der Waals surface area contributed by atoms with E-state index in [1.54, 1.807) is 13.0 Å². The predicted molar refractivity (Wildman–Crippen MR) is 86.4 cm³/mol. The molecule has 0 aliphatic heterocycles. The molecular weight excluding hydrogens is 292 g/mol. The average molecular weight is 310 g/mol. The minimum Gasteiger partial charge on any atom is -0.351 e. The third kappa shape index (κ3) is 2.50. The Bertz CT molecular complexity index is 858. The average Bonchev–Trinajstić information content (AvgIpc) is 3.25. The number of anilines is 1. The zero-order valence-corrected chi connectivity index (χ0v) is 13.0. The standard InChI is InChI=1S/C17H18N4O2/c1-11-10-15(23-20-11)16(22)19-17-18-13-8-4-5-9-14(13)21(17)12-6-2-3-7-12/h4-5,8-10,12H,2-3,6-7H2,1H3,(H,18,19,22). The fraction of sp³-hybridized carbons (Fsp3) is 0.353. The zero-order chi connectivity index (χ0) is 15.8. The third-order valence-corrected chi connectivity index (χ3v) is 4.36. The van der Waals surface area contributed by atoms with Crippen LogP contribution < -0.4 is 5.32 Å². The number of fused-ring (bicyclic) bond motifs is 1. The predicted octanol–water partition coefficient (Wildman–Crippen LogP) is 3.70.